The van der Waals surface area contributed by atoms with Gasteiger partial charge in [-0.3, -0.25) is 4.79 Å². The Kier molecular flexibility index (Phi) is 8.25. The number of nitrogens with two attached hydrogens (primary N) is 1. The largest absolute Gasteiger partial charge is 0.354 e. The third-order valence-corrected chi connectivity index (χ3v) is 3.76. The van der Waals surface area contributed by atoms with Crippen LogP contribution in [0.3, 0.4) is 0 Å². The van der Waals surface area contributed by atoms with Gasteiger partial charge in [-0.1, -0.05) is 60.3 Å². The number of carbonyl (C=O) groups excluding carboxylic acids is 1. The smallest absolute Gasteiger partial charge is 0.237 e. The molecule has 0 bridgehead atoms. The second-order valence-corrected chi connectivity index (χ2v) is 6.25. The lowest BCUT2D eigenvalue weighted by Gasteiger charge is -2.26. The first-order chi connectivity index (χ1) is 8.34. The van der Waals surface area contributed by atoms with E-state index in [4.69, 9.17) is 5.73 Å². The maximum atomic E-state index is 11.9. The third-order valence-electron chi connectivity index (χ3n) is 3.76. The minimum absolute atomic E-state index is 0.00656. The Morgan fingerprint density at radius 2 is 1.89 bits per heavy atom. The third kappa shape index (κ3) is 7.00. The molecule has 108 valence electrons. The second kappa shape index (κ2) is 8.52. The van der Waals surface area contributed by atoms with Crippen LogP contribution < -0.4 is 11.1 Å². The summed E-state index contributed by atoms with van der Waals surface area (Å²) in [7, 11) is 0. The van der Waals surface area contributed by atoms with E-state index in [-0.39, 0.29) is 23.3 Å². The fourth-order valence-corrected chi connectivity index (χ4v) is 1.90. The molecule has 0 fully saturated rings. The molecule has 1 amide bonds. The minimum atomic E-state index is -0.374. The lowest BCUT2D eigenvalue weighted by molar-refractivity contribution is -0.123. The van der Waals surface area contributed by atoms with Crippen molar-refractivity contribution in [2.75, 3.05) is 6.54 Å². The molecule has 0 aromatic rings. The van der Waals surface area contributed by atoms with E-state index in [1.807, 2.05) is 6.92 Å². The van der Waals surface area contributed by atoms with Crippen LogP contribution in [0.5, 0.6) is 0 Å². The molecule has 0 spiro atoms. The van der Waals surface area contributed by atoms with E-state index < -0.39 is 0 Å². The van der Waals surface area contributed by atoms with Crippen molar-refractivity contribution in [2.24, 2.45) is 17.1 Å². The number of nitrogens with one attached hydrogen (secondary N) is 1. The van der Waals surface area contributed by atoms with Gasteiger partial charge >= 0.3 is 0 Å². The van der Waals surface area contributed by atoms with Crippen molar-refractivity contribution in [2.45, 2.75) is 72.8 Å². The molecule has 0 aliphatic heterocycles. The molecule has 18 heavy (non-hydrogen) atoms. The lowest BCUT2D eigenvalue weighted by Crippen LogP contribution is -2.47. The Bertz CT molecular complexity index is 239. The quantitative estimate of drug-likeness (QED) is 0.623. The van der Waals surface area contributed by atoms with E-state index in [2.05, 4.69) is 33.0 Å². The first kappa shape index (κ1) is 17.4. The Morgan fingerprint density at radius 3 is 2.39 bits per heavy atom. The molecule has 0 radical (unpaired) electrons. The Hall–Kier alpha value is -0.570. The normalized spacial score (nSPS) is 15.2. The SMILES string of the molecule is CCCCCC(C)(C)CNC(=O)C(N)C(C)CC. The summed E-state index contributed by atoms with van der Waals surface area (Å²) in [6.07, 6.45) is 5.83. The van der Waals surface area contributed by atoms with E-state index in [1.165, 1.54) is 19.3 Å². The monoisotopic (exact) mass is 256 g/mol. The highest BCUT2D eigenvalue weighted by Gasteiger charge is 2.23. The topological polar surface area (TPSA) is 55.1 Å². The molecule has 3 N–H and O–H groups in total. The second-order valence-electron chi connectivity index (χ2n) is 6.25. The van der Waals surface area contributed by atoms with Crippen LogP contribution in [0.1, 0.15) is 66.7 Å². The predicted octanol–water partition coefficient (Wildman–Crippen LogP) is 3.08. The molecule has 0 aromatic carbocycles. The predicted molar refractivity (Wildman–Crippen MR) is 78.4 cm³/mol. The van der Waals surface area contributed by atoms with E-state index in [1.54, 1.807) is 0 Å². The van der Waals surface area contributed by atoms with Crippen molar-refractivity contribution in [3.63, 3.8) is 0 Å². The van der Waals surface area contributed by atoms with Gasteiger partial charge in [-0.15, -0.1) is 0 Å². The summed E-state index contributed by atoms with van der Waals surface area (Å²) < 4.78 is 0. The summed E-state index contributed by atoms with van der Waals surface area (Å²) >= 11 is 0. The van der Waals surface area contributed by atoms with Crippen LogP contribution in [0, 0.1) is 11.3 Å². The number of hydrogen-bond donors (Lipinski definition) is 2. The van der Waals surface area contributed by atoms with Gasteiger partial charge in [-0.05, 0) is 17.8 Å². The van der Waals surface area contributed by atoms with Crippen LogP contribution in [0.2, 0.25) is 0 Å². The van der Waals surface area contributed by atoms with Crippen LogP contribution in [0.4, 0.5) is 0 Å². The van der Waals surface area contributed by atoms with Crippen molar-refractivity contribution >= 4 is 5.91 Å². The fourth-order valence-electron chi connectivity index (χ4n) is 1.90. The van der Waals surface area contributed by atoms with Gasteiger partial charge in [0.25, 0.3) is 0 Å². The molecule has 0 aliphatic carbocycles. The molecular weight excluding hydrogens is 224 g/mol. The lowest BCUT2D eigenvalue weighted by atomic mass is 9.86. The highest BCUT2D eigenvalue weighted by Crippen LogP contribution is 2.22. The molecule has 3 heteroatoms. The first-order valence-electron chi connectivity index (χ1n) is 7.37. The zero-order valence-corrected chi connectivity index (χ0v) is 12.9. The summed E-state index contributed by atoms with van der Waals surface area (Å²) in [6, 6.07) is -0.374. The standard InChI is InChI=1S/C15H32N2O/c1-6-8-9-10-15(4,5)11-17-14(18)13(16)12(3)7-2/h12-13H,6-11,16H2,1-5H3,(H,17,18). The molecule has 0 aliphatic rings. The zero-order valence-electron chi connectivity index (χ0n) is 12.9. The summed E-state index contributed by atoms with van der Waals surface area (Å²) in [5, 5.41) is 3.00. The van der Waals surface area contributed by atoms with Crippen LogP contribution in [0.15, 0.2) is 0 Å². The van der Waals surface area contributed by atoms with Gasteiger partial charge in [0.1, 0.15) is 0 Å². The van der Waals surface area contributed by atoms with Gasteiger partial charge < -0.3 is 11.1 Å². The molecule has 0 saturated carbocycles. The van der Waals surface area contributed by atoms with Crippen molar-refractivity contribution in [3.05, 3.63) is 0 Å². The number of carbonyl (C=O) groups is 1. The van der Waals surface area contributed by atoms with Crippen molar-refractivity contribution in [1.29, 1.82) is 0 Å². The number of unbranched alkanes of at least 4 members (excludes halogenated alkanes) is 2. The van der Waals surface area contributed by atoms with Gasteiger partial charge in [0, 0.05) is 6.54 Å². The molecule has 2 unspecified atom stereocenters. The number of rotatable bonds is 9. The molecule has 3 nitrogen and oxygen atoms in total. The van der Waals surface area contributed by atoms with Crippen LogP contribution >= 0.6 is 0 Å². The minimum Gasteiger partial charge on any atom is -0.354 e. The number of hydrogen-bond acceptors (Lipinski definition) is 2. The van der Waals surface area contributed by atoms with Gasteiger partial charge in [-0.2, -0.15) is 0 Å². The zero-order chi connectivity index (χ0) is 14.2. The first-order valence-corrected chi connectivity index (χ1v) is 7.37. The van der Waals surface area contributed by atoms with Crippen molar-refractivity contribution < 1.29 is 4.79 Å². The summed E-state index contributed by atoms with van der Waals surface area (Å²) in [6.45, 7) is 11.4. The molecular formula is C15H32N2O. The molecule has 2 atom stereocenters. The highest BCUT2D eigenvalue weighted by molar-refractivity contribution is 5.81. The molecule has 0 aromatic heterocycles. The van der Waals surface area contributed by atoms with Gasteiger partial charge in [0.15, 0.2) is 0 Å². The summed E-state index contributed by atoms with van der Waals surface area (Å²) in [5.41, 5.74) is 6.08. The van der Waals surface area contributed by atoms with Crippen LogP contribution in [0.25, 0.3) is 0 Å². The van der Waals surface area contributed by atoms with Crippen molar-refractivity contribution in [1.82, 2.24) is 5.32 Å². The molecule has 0 heterocycles. The van der Waals surface area contributed by atoms with E-state index in [0.29, 0.717) is 0 Å². The van der Waals surface area contributed by atoms with Gasteiger partial charge in [0.2, 0.25) is 5.91 Å². The number of amides is 1. The van der Waals surface area contributed by atoms with Crippen molar-refractivity contribution in [3.8, 4) is 0 Å². The Labute approximate surface area is 113 Å². The Morgan fingerprint density at radius 1 is 1.28 bits per heavy atom. The maximum absolute atomic E-state index is 11.9. The van der Waals surface area contributed by atoms with Crippen LogP contribution in [-0.4, -0.2) is 18.5 Å². The average molecular weight is 256 g/mol. The van der Waals surface area contributed by atoms with Gasteiger partial charge in [0.05, 0.1) is 6.04 Å². The summed E-state index contributed by atoms with van der Waals surface area (Å²) in [4.78, 5) is 11.9. The highest BCUT2D eigenvalue weighted by atomic mass is 16.2. The maximum Gasteiger partial charge on any atom is 0.237 e. The molecule has 0 saturated heterocycles. The van der Waals surface area contributed by atoms with E-state index in [0.717, 1.165) is 19.4 Å². The van der Waals surface area contributed by atoms with Crippen LogP contribution in [-0.2, 0) is 4.79 Å². The van der Waals surface area contributed by atoms with E-state index >= 15 is 0 Å². The fraction of sp³-hybridized carbons (Fsp3) is 0.933. The van der Waals surface area contributed by atoms with E-state index in [9.17, 15) is 4.79 Å². The molecule has 0 rings (SSSR count). The average Bonchev–Trinajstić information content (AvgIpc) is 2.34. The van der Waals surface area contributed by atoms with Gasteiger partial charge in [-0.25, -0.2) is 0 Å². The summed E-state index contributed by atoms with van der Waals surface area (Å²) in [5.74, 6) is 0.237. The Balaban J connectivity index is 4.02.